The number of likely N-dealkylation sites (N-methyl/N-ethyl adjacent to an activating group) is 1. The molecule has 1 fully saturated rings. The minimum absolute atomic E-state index is 0.0537. The summed E-state index contributed by atoms with van der Waals surface area (Å²) in [5.74, 6) is 0.0536. The summed E-state index contributed by atoms with van der Waals surface area (Å²) < 4.78 is 15.3. The number of nitrogens with one attached hydrogen (secondary N) is 1. The molecule has 0 radical (unpaired) electrons. The molecule has 3 N–H and O–H groups in total. The standard InChI is InChI=1S/C23H26FN7O/c1-14-20(16-5-7-19(26-2)27-13-16)21(29-23(25)28-14)17-6-4-15(12-18(17)24)22(32)31-10-8-30(3)9-11-31/h4-7,12-13H,8-11H2,1-3H3,(H,26,27)(H2,25,28,29). The van der Waals surface area contributed by atoms with Gasteiger partial charge in [0.2, 0.25) is 5.95 Å². The molecular weight excluding hydrogens is 409 g/mol. The largest absolute Gasteiger partial charge is 0.373 e. The molecule has 9 heteroatoms. The molecule has 166 valence electrons. The quantitative estimate of drug-likeness (QED) is 0.650. The zero-order chi connectivity index (χ0) is 22.8. The molecular formula is C23H26FN7O. The minimum Gasteiger partial charge on any atom is -0.373 e. The summed E-state index contributed by atoms with van der Waals surface area (Å²) in [6.45, 7) is 4.65. The highest BCUT2D eigenvalue weighted by atomic mass is 19.1. The van der Waals surface area contributed by atoms with Crippen LogP contribution in [0.5, 0.6) is 0 Å². The number of anilines is 2. The molecule has 1 saturated heterocycles. The predicted octanol–water partition coefficient (Wildman–Crippen LogP) is 2.66. The second-order valence-corrected chi connectivity index (χ2v) is 7.86. The van der Waals surface area contributed by atoms with E-state index in [2.05, 4.69) is 25.2 Å². The molecule has 1 aromatic carbocycles. The van der Waals surface area contributed by atoms with Gasteiger partial charge < -0.3 is 20.9 Å². The monoisotopic (exact) mass is 435 g/mol. The van der Waals surface area contributed by atoms with Crippen LogP contribution in [0.4, 0.5) is 16.2 Å². The summed E-state index contributed by atoms with van der Waals surface area (Å²) in [6.07, 6.45) is 1.68. The first-order chi connectivity index (χ1) is 15.4. The van der Waals surface area contributed by atoms with Crippen molar-refractivity contribution in [2.24, 2.45) is 0 Å². The van der Waals surface area contributed by atoms with Gasteiger partial charge in [0.05, 0.1) is 11.4 Å². The number of piperazine rings is 1. The molecule has 0 spiro atoms. The lowest BCUT2D eigenvalue weighted by Crippen LogP contribution is -2.47. The molecule has 1 aliphatic heterocycles. The number of nitrogens with zero attached hydrogens (tertiary/aromatic N) is 5. The highest BCUT2D eigenvalue weighted by Crippen LogP contribution is 2.35. The highest BCUT2D eigenvalue weighted by molar-refractivity contribution is 5.95. The number of amides is 1. The molecule has 4 rings (SSSR count). The van der Waals surface area contributed by atoms with Crippen molar-refractivity contribution >= 4 is 17.7 Å². The molecule has 0 bridgehead atoms. The van der Waals surface area contributed by atoms with Crippen molar-refractivity contribution in [2.75, 3.05) is 51.3 Å². The zero-order valence-corrected chi connectivity index (χ0v) is 18.4. The van der Waals surface area contributed by atoms with Crippen LogP contribution in [0, 0.1) is 12.7 Å². The number of carbonyl (C=O) groups excluding carboxylic acids is 1. The van der Waals surface area contributed by atoms with Gasteiger partial charge in [-0.15, -0.1) is 0 Å². The molecule has 32 heavy (non-hydrogen) atoms. The molecule has 1 aliphatic rings. The Bertz CT molecular complexity index is 1140. The van der Waals surface area contributed by atoms with Crippen molar-refractivity contribution in [3.8, 4) is 22.4 Å². The van der Waals surface area contributed by atoms with Gasteiger partial charge in [0.15, 0.2) is 0 Å². The minimum atomic E-state index is -0.538. The van der Waals surface area contributed by atoms with Crippen molar-refractivity contribution in [2.45, 2.75) is 6.92 Å². The van der Waals surface area contributed by atoms with Crippen LogP contribution in [0.1, 0.15) is 16.1 Å². The summed E-state index contributed by atoms with van der Waals surface area (Å²) in [5.41, 5.74) is 8.83. The number of nitrogens with two attached hydrogens (primary N) is 1. The van der Waals surface area contributed by atoms with E-state index in [-0.39, 0.29) is 17.4 Å². The number of halogens is 1. The highest BCUT2D eigenvalue weighted by Gasteiger charge is 2.23. The molecule has 2 aromatic heterocycles. The first-order valence-corrected chi connectivity index (χ1v) is 10.4. The maximum atomic E-state index is 15.3. The first kappa shape index (κ1) is 21.6. The normalized spacial score (nSPS) is 14.4. The van der Waals surface area contributed by atoms with E-state index in [9.17, 15) is 4.79 Å². The van der Waals surface area contributed by atoms with E-state index >= 15 is 4.39 Å². The maximum absolute atomic E-state index is 15.3. The number of aromatic nitrogens is 3. The summed E-state index contributed by atoms with van der Waals surface area (Å²) in [6, 6.07) is 8.18. The Hall–Kier alpha value is -3.59. The van der Waals surface area contributed by atoms with Crippen LogP contribution in [0.15, 0.2) is 36.5 Å². The number of aryl methyl sites for hydroxylation is 1. The fourth-order valence-electron chi connectivity index (χ4n) is 3.86. The van der Waals surface area contributed by atoms with Gasteiger partial charge in [0.1, 0.15) is 11.6 Å². The van der Waals surface area contributed by atoms with Crippen LogP contribution in [0.2, 0.25) is 0 Å². The topological polar surface area (TPSA) is 100 Å². The van der Waals surface area contributed by atoms with E-state index in [0.29, 0.717) is 41.4 Å². The van der Waals surface area contributed by atoms with Gasteiger partial charge in [-0.2, -0.15) is 0 Å². The third-order valence-corrected chi connectivity index (χ3v) is 5.68. The van der Waals surface area contributed by atoms with Crippen molar-refractivity contribution in [1.29, 1.82) is 0 Å². The fourth-order valence-corrected chi connectivity index (χ4v) is 3.86. The van der Waals surface area contributed by atoms with Crippen molar-refractivity contribution < 1.29 is 9.18 Å². The molecule has 3 heterocycles. The van der Waals surface area contributed by atoms with E-state index in [1.165, 1.54) is 6.07 Å². The van der Waals surface area contributed by atoms with Gasteiger partial charge in [0, 0.05) is 61.7 Å². The second kappa shape index (κ2) is 8.88. The summed E-state index contributed by atoms with van der Waals surface area (Å²) in [7, 11) is 3.80. The van der Waals surface area contributed by atoms with Gasteiger partial charge in [-0.25, -0.2) is 19.3 Å². The smallest absolute Gasteiger partial charge is 0.254 e. The van der Waals surface area contributed by atoms with E-state index in [1.807, 2.05) is 19.2 Å². The van der Waals surface area contributed by atoms with Crippen LogP contribution in [0.3, 0.4) is 0 Å². The van der Waals surface area contributed by atoms with Crippen molar-refractivity contribution in [1.82, 2.24) is 24.8 Å². The third kappa shape index (κ3) is 4.24. The third-order valence-electron chi connectivity index (χ3n) is 5.68. The second-order valence-electron chi connectivity index (χ2n) is 7.86. The van der Waals surface area contributed by atoms with Crippen LogP contribution in [-0.4, -0.2) is 70.9 Å². The molecule has 0 saturated carbocycles. The zero-order valence-electron chi connectivity index (χ0n) is 18.4. The molecule has 3 aromatic rings. The summed E-state index contributed by atoms with van der Waals surface area (Å²) in [4.78, 5) is 29.7. The number of carbonyl (C=O) groups is 1. The van der Waals surface area contributed by atoms with Crippen LogP contribution < -0.4 is 11.1 Å². The molecule has 8 nitrogen and oxygen atoms in total. The van der Waals surface area contributed by atoms with Crippen molar-refractivity contribution in [3.63, 3.8) is 0 Å². The number of pyridine rings is 1. The molecule has 0 aliphatic carbocycles. The lowest BCUT2D eigenvalue weighted by Gasteiger charge is -2.32. The average molecular weight is 436 g/mol. The van der Waals surface area contributed by atoms with Gasteiger partial charge in [-0.1, -0.05) is 0 Å². The fraction of sp³-hybridized carbons (Fsp3) is 0.304. The number of benzene rings is 1. The number of hydrogen-bond acceptors (Lipinski definition) is 7. The molecule has 0 unspecified atom stereocenters. The number of nitrogen functional groups attached to an aromatic ring is 1. The average Bonchev–Trinajstić information content (AvgIpc) is 2.79. The Morgan fingerprint density at radius 1 is 1.12 bits per heavy atom. The van der Waals surface area contributed by atoms with Crippen molar-refractivity contribution in [3.05, 3.63) is 53.6 Å². The molecule has 1 amide bonds. The summed E-state index contributed by atoms with van der Waals surface area (Å²) in [5, 5.41) is 2.97. The van der Waals surface area contributed by atoms with E-state index < -0.39 is 5.82 Å². The van der Waals surface area contributed by atoms with E-state index in [4.69, 9.17) is 5.73 Å². The van der Waals surface area contributed by atoms with Gasteiger partial charge in [0.25, 0.3) is 5.91 Å². The Balaban J connectivity index is 1.72. The predicted molar refractivity (Wildman–Crippen MR) is 123 cm³/mol. The first-order valence-electron chi connectivity index (χ1n) is 10.4. The Kier molecular flexibility index (Phi) is 6.00. The van der Waals surface area contributed by atoms with Crippen LogP contribution in [-0.2, 0) is 0 Å². The van der Waals surface area contributed by atoms with Crippen LogP contribution >= 0.6 is 0 Å². The Morgan fingerprint density at radius 2 is 1.88 bits per heavy atom. The van der Waals surface area contributed by atoms with Gasteiger partial charge in [-0.05, 0) is 44.3 Å². The van der Waals surface area contributed by atoms with E-state index in [1.54, 1.807) is 37.2 Å². The lowest BCUT2D eigenvalue weighted by molar-refractivity contribution is 0.0663. The number of rotatable bonds is 4. The summed E-state index contributed by atoms with van der Waals surface area (Å²) >= 11 is 0. The van der Waals surface area contributed by atoms with Gasteiger partial charge >= 0.3 is 0 Å². The van der Waals surface area contributed by atoms with Crippen LogP contribution in [0.25, 0.3) is 22.4 Å². The molecule has 0 atom stereocenters. The van der Waals surface area contributed by atoms with E-state index in [0.717, 1.165) is 18.7 Å². The number of hydrogen-bond donors (Lipinski definition) is 2. The lowest BCUT2D eigenvalue weighted by atomic mass is 9.97. The maximum Gasteiger partial charge on any atom is 0.254 e. The Labute approximate surface area is 186 Å². The SMILES string of the molecule is CNc1ccc(-c2c(C)nc(N)nc2-c2ccc(C(=O)N3CCN(C)CC3)cc2F)cn1. The Morgan fingerprint density at radius 3 is 2.50 bits per heavy atom. The van der Waals surface area contributed by atoms with Gasteiger partial charge in [-0.3, -0.25) is 4.79 Å².